The Kier molecular flexibility index (Phi) is 5.08. The Balaban J connectivity index is 2.89. The fraction of sp³-hybridized carbons (Fsp3) is 0.500. The molecule has 0 aliphatic carbocycles. The van der Waals surface area contributed by atoms with Crippen molar-refractivity contribution in [2.45, 2.75) is 19.4 Å². The highest BCUT2D eigenvalue weighted by Crippen LogP contribution is 2.16. The Hall–Kier alpha value is -0.940. The van der Waals surface area contributed by atoms with Crippen LogP contribution < -0.4 is 5.32 Å². The van der Waals surface area contributed by atoms with Gasteiger partial charge in [-0.2, -0.15) is 0 Å². The first kappa shape index (κ1) is 14.1. The fourth-order valence-electron chi connectivity index (χ4n) is 1.62. The van der Waals surface area contributed by atoms with Crippen LogP contribution in [0.4, 0.5) is 4.39 Å². The maximum Gasteiger partial charge on any atom is 0.149 e. The number of nitrogens with one attached hydrogen (secondary N) is 1. The van der Waals surface area contributed by atoms with Gasteiger partial charge < -0.3 is 5.32 Å². The van der Waals surface area contributed by atoms with Crippen molar-refractivity contribution in [2.75, 3.05) is 18.6 Å². The summed E-state index contributed by atoms with van der Waals surface area (Å²) in [4.78, 5) is 0. The lowest BCUT2D eigenvalue weighted by molar-refractivity contribution is 0.544. The van der Waals surface area contributed by atoms with Crippen LogP contribution in [0.2, 0.25) is 0 Å². The number of hydrogen-bond donors (Lipinski definition) is 1. The average molecular weight is 259 g/mol. The molecule has 1 atom stereocenters. The second kappa shape index (κ2) is 6.12. The summed E-state index contributed by atoms with van der Waals surface area (Å²) >= 11 is 0. The van der Waals surface area contributed by atoms with Crippen molar-refractivity contribution in [3.05, 3.63) is 35.6 Å². The van der Waals surface area contributed by atoms with Crippen LogP contribution in [0.25, 0.3) is 0 Å². The van der Waals surface area contributed by atoms with E-state index < -0.39 is 9.84 Å². The zero-order valence-electron chi connectivity index (χ0n) is 10.1. The molecule has 1 unspecified atom stereocenters. The number of benzene rings is 1. The van der Waals surface area contributed by atoms with E-state index in [1.54, 1.807) is 12.1 Å². The third-order valence-corrected chi connectivity index (χ3v) is 3.30. The molecule has 3 nitrogen and oxygen atoms in total. The Morgan fingerprint density at radius 2 is 2.12 bits per heavy atom. The first-order valence-electron chi connectivity index (χ1n) is 5.59. The van der Waals surface area contributed by atoms with Gasteiger partial charge in [0.2, 0.25) is 0 Å². The van der Waals surface area contributed by atoms with Crippen LogP contribution in [0, 0.1) is 5.82 Å². The maximum absolute atomic E-state index is 13.1. The van der Waals surface area contributed by atoms with Gasteiger partial charge in [0, 0.05) is 12.3 Å². The predicted octanol–water partition coefficient (Wildman–Crippen LogP) is 1.91. The van der Waals surface area contributed by atoms with Gasteiger partial charge in [0.25, 0.3) is 0 Å². The molecular formula is C12H18FNO2S. The number of halogens is 1. The van der Waals surface area contributed by atoms with Crippen molar-refractivity contribution in [1.82, 2.24) is 5.32 Å². The van der Waals surface area contributed by atoms with E-state index in [0.717, 1.165) is 6.42 Å². The Labute approximate surface area is 102 Å². The topological polar surface area (TPSA) is 46.2 Å². The summed E-state index contributed by atoms with van der Waals surface area (Å²) in [7, 11) is -3.10. The van der Waals surface area contributed by atoms with Gasteiger partial charge in [-0.1, -0.05) is 19.1 Å². The summed E-state index contributed by atoms with van der Waals surface area (Å²) < 4.78 is 35.8. The van der Waals surface area contributed by atoms with Gasteiger partial charge in [-0.3, -0.25) is 0 Å². The fourth-order valence-corrected chi connectivity index (χ4v) is 2.53. The van der Waals surface area contributed by atoms with E-state index in [-0.39, 0.29) is 17.6 Å². The molecule has 0 bridgehead atoms. The minimum atomic E-state index is -3.10. The third-order valence-electron chi connectivity index (χ3n) is 2.36. The molecule has 0 saturated carbocycles. The van der Waals surface area contributed by atoms with Gasteiger partial charge in [-0.05, 0) is 30.7 Å². The van der Waals surface area contributed by atoms with Gasteiger partial charge >= 0.3 is 0 Å². The normalized spacial score (nSPS) is 13.6. The quantitative estimate of drug-likeness (QED) is 0.849. The van der Waals surface area contributed by atoms with Crippen molar-refractivity contribution in [3.8, 4) is 0 Å². The summed E-state index contributed by atoms with van der Waals surface area (Å²) in [5, 5.41) is 3.12. The second-order valence-electron chi connectivity index (χ2n) is 4.15. The Morgan fingerprint density at radius 1 is 1.41 bits per heavy atom. The lowest BCUT2D eigenvalue weighted by Gasteiger charge is -2.18. The molecular weight excluding hydrogens is 241 g/mol. The summed E-state index contributed by atoms with van der Waals surface area (Å²) in [6.45, 7) is 2.70. The zero-order chi connectivity index (χ0) is 12.9. The third kappa shape index (κ3) is 5.28. The van der Waals surface area contributed by atoms with E-state index in [1.165, 1.54) is 18.4 Å². The SMILES string of the molecule is CCCNC(CS(C)(=O)=O)c1cccc(F)c1. The van der Waals surface area contributed by atoms with E-state index in [1.807, 2.05) is 6.92 Å². The molecule has 0 aromatic heterocycles. The van der Waals surface area contributed by atoms with Crippen molar-refractivity contribution in [3.63, 3.8) is 0 Å². The van der Waals surface area contributed by atoms with Crippen LogP contribution in [0.1, 0.15) is 24.9 Å². The number of hydrogen-bond acceptors (Lipinski definition) is 3. The van der Waals surface area contributed by atoms with Crippen LogP contribution in [-0.2, 0) is 9.84 Å². The standard InChI is InChI=1S/C12H18FNO2S/c1-3-7-14-12(9-17(2,15)16)10-5-4-6-11(13)8-10/h4-6,8,12,14H,3,7,9H2,1-2H3. The van der Waals surface area contributed by atoms with Crippen molar-refractivity contribution >= 4 is 9.84 Å². The first-order valence-corrected chi connectivity index (χ1v) is 7.65. The van der Waals surface area contributed by atoms with Crippen LogP contribution in [0.3, 0.4) is 0 Å². The molecule has 0 aliphatic heterocycles. The number of sulfone groups is 1. The van der Waals surface area contributed by atoms with Crippen LogP contribution >= 0.6 is 0 Å². The highest BCUT2D eigenvalue weighted by molar-refractivity contribution is 7.90. The molecule has 0 amide bonds. The van der Waals surface area contributed by atoms with Crippen molar-refractivity contribution < 1.29 is 12.8 Å². The summed E-state index contributed by atoms with van der Waals surface area (Å²) in [5.41, 5.74) is 0.670. The Morgan fingerprint density at radius 3 is 2.65 bits per heavy atom. The van der Waals surface area contributed by atoms with Crippen LogP contribution in [0.5, 0.6) is 0 Å². The maximum atomic E-state index is 13.1. The van der Waals surface area contributed by atoms with E-state index >= 15 is 0 Å². The highest BCUT2D eigenvalue weighted by atomic mass is 32.2. The molecule has 0 spiro atoms. The minimum absolute atomic E-state index is 0.0174. The molecule has 1 aromatic carbocycles. The highest BCUT2D eigenvalue weighted by Gasteiger charge is 2.16. The van der Waals surface area contributed by atoms with E-state index in [9.17, 15) is 12.8 Å². The predicted molar refractivity (Wildman–Crippen MR) is 67.1 cm³/mol. The van der Waals surface area contributed by atoms with E-state index in [4.69, 9.17) is 0 Å². The summed E-state index contributed by atoms with van der Waals surface area (Å²) in [5.74, 6) is -0.365. The van der Waals surface area contributed by atoms with Crippen LogP contribution in [-0.4, -0.2) is 27.0 Å². The van der Waals surface area contributed by atoms with Crippen molar-refractivity contribution in [2.24, 2.45) is 0 Å². The van der Waals surface area contributed by atoms with Gasteiger partial charge in [-0.15, -0.1) is 0 Å². The molecule has 0 radical (unpaired) electrons. The molecule has 1 rings (SSSR count). The lowest BCUT2D eigenvalue weighted by atomic mass is 10.1. The molecule has 17 heavy (non-hydrogen) atoms. The molecule has 5 heteroatoms. The summed E-state index contributed by atoms with van der Waals surface area (Å²) in [6.07, 6.45) is 2.09. The van der Waals surface area contributed by atoms with Gasteiger partial charge in [0.15, 0.2) is 0 Å². The molecule has 0 aliphatic rings. The van der Waals surface area contributed by atoms with Crippen molar-refractivity contribution in [1.29, 1.82) is 0 Å². The minimum Gasteiger partial charge on any atom is -0.309 e. The molecule has 1 N–H and O–H groups in total. The average Bonchev–Trinajstić information content (AvgIpc) is 2.22. The number of rotatable bonds is 6. The van der Waals surface area contributed by atoms with Crippen LogP contribution in [0.15, 0.2) is 24.3 Å². The molecule has 0 heterocycles. The lowest BCUT2D eigenvalue weighted by Crippen LogP contribution is -2.28. The molecule has 0 fully saturated rings. The van der Waals surface area contributed by atoms with E-state index in [0.29, 0.717) is 12.1 Å². The zero-order valence-corrected chi connectivity index (χ0v) is 10.9. The molecule has 1 aromatic rings. The van der Waals surface area contributed by atoms with Gasteiger partial charge in [-0.25, -0.2) is 12.8 Å². The van der Waals surface area contributed by atoms with Gasteiger partial charge in [0.1, 0.15) is 15.7 Å². The molecule has 0 saturated heterocycles. The summed E-state index contributed by atoms with van der Waals surface area (Å²) in [6, 6.07) is 5.70. The second-order valence-corrected chi connectivity index (χ2v) is 6.34. The van der Waals surface area contributed by atoms with E-state index in [2.05, 4.69) is 5.32 Å². The largest absolute Gasteiger partial charge is 0.309 e. The molecule has 96 valence electrons. The smallest absolute Gasteiger partial charge is 0.149 e. The monoisotopic (exact) mass is 259 g/mol. The first-order chi connectivity index (χ1) is 7.92. The Bertz CT molecular complexity index is 459. The van der Waals surface area contributed by atoms with Gasteiger partial charge in [0.05, 0.1) is 5.75 Å².